The summed E-state index contributed by atoms with van der Waals surface area (Å²) in [5.74, 6) is 1.62. The standard InChI is InChI=1S/C25H40N2O2.C6H6/c1-25(2,3)29-24(28)26-23-13-12-22(18-23)19-27-16-14-21(15-17-27)11-7-10-20-8-5-4-6-9-20;1-2-4-6-5-3-1/h4-6,8-9,21-23H,7,10-19H2,1-3H3,(H,26,28);1-6H/t22-,23?;/m1./s1. The molecule has 0 radical (unpaired) electrons. The molecule has 4 heteroatoms. The number of carbonyl (C=O) groups is 1. The maximum Gasteiger partial charge on any atom is 0.407 e. The summed E-state index contributed by atoms with van der Waals surface area (Å²) in [5.41, 5.74) is 1.05. The van der Waals surface area contributed by atoms with Crippen molar-refractivity contribution in [2.75, 3.05) is 19.6 Å². The number of hydrogen-bond acceptors (Lipinski definition) is 3. The van der Waals surface area contributed by atoms with Gasteiger partial charge in [-0.2, -0.15) is 0 Å². The monoisotopic (exact) mass is 478 g/mol. The molecule has 1 N–H and O–H groups in total. The van der Waals surface area contributed by atoms with Crippen molar-refractivity contribution < 1.29 is 9.53 Å². The Morgan fingerprint density at radius 3 is 2.09 bits per heavy atom. The van der Waals surface area contributed by atoms with Gasteiger partial charge in [-0.3, -0.25) is 0 Å². The molecule has 1 unspecified atom stereocenters. The van der Waals surface area contributed by atoms with E-state index in [9.17, 15) is 4.79 Å². The first-order valence-electron chi connectivity index (χ1n) is 13.6. The lowest BCUT2D eigenvalue weighted by Gasteiger charge is -2.33. The van der Waals surface area contributed by atoms with Crippen molar-refractivity contribution >= 4 is 6.09 Å². The number of piperidine rings is 1. The van der Waals surface area contributed by atoms with Crippen LogP contribution in [0.4, 0.5) is 4.79 Å². The summed E-state index contributed by atoms with van der Waals surface area (Å²) in [5, 5.41) is 3.07. The molecule has 2 aromatic carbocycles. The van der Waals surface area contributed by atoms with E-state index in [1.165, 1.54) is 63.7 Å². The van der Waals surface area contributed by atoms with Gasteiger partial charge in [-0.1, -0.05) is 73.2 Å². The molecule has 2 aromatic rings. The zero-order valence-corrected chi connectivity index (χ0v) is 22.1. The summed E-state index contributed by atoms with van der Waals surface area (Å²) >= 11 is 0. The van der Waals surface area contributed by atoms with Crippen molar-refractivity contribution in [2.45, 2.75) is 83.8 Å². The molecule has 0 spiro atoms. The maximum atomic E-state index is 12.0. The summed E-state index contributed by atoms with van der Waals surface area (Å²) in [6.45, 7) is 9.43. The highest BCUT2D eigenvalue weighted by atomic mass is 16.6. The predicted octanol–water partition coefficient (Wildman–Crippen LogP) is 7.10. The molecule has 1 saturated carbocycles. The Labute approximate surface area is 213 Å². The minimum absolute atomic E-state index is 0.264. The van der Waals surface area contributed by atoms with Gasteiger partial charge in [0, 0.05) is 12.6 Å². The van der Waals surface area contributed by atoms with Gasteiger partial charge < -0.3 is 15.0 Å². The third kappa shape index (κ3) is 11.3. The molecule has 1 heterocycles. The maximum absolute atomic E-state index is 12.0. The number of nitrogens with one attached hydrogen (secondary N) is 1. The van der Waals surface area contributed by atoms with Gasteiger partial charge in [-0.15, -0.1) is 0 Å². The van der Waals surface area contributed by atoms with E-state index in [1.807, 2.05) is 57.2 Å². The largest absolute Gasteiger partial charge is 0.444 e. The lowest BCUT2D eigenvalue weighted by Crippen LogP contribution is -2.39. The number of carbonyl (C=O) groups excluding carboxylic acids is 1. The van der Waals surface area contributed by atoms with Crippen LogP contribution in [0.3, 0.4) is 0 Å². The first-order chi connectivity index (χ1) is 16.9. The van der Waals surface area contributed by atoms with Gasteiger partial charge in [-0.25, -0.2) is 4.79 Å². The van der Waals surface area contributed by atoms with E-state index in [0.29, 0.717) is 5.92 Å². The van der Waals surface area contributed by atoms with E-state index in [-0.39, 0.29) is 12.1 Å². The summed E-state index contributed by atoms with van der Waals surface area (Å²) in [6, 6.07) is 23.2. The van der Waals surface area contributed by atoms with Crippen LogP contribution in [0, 0.1) is 11.8 Å². The Balaban J connectivity index is 0.000000497. The summed E-state index contributed by atoms with van der Waals surface area (Å²) in [4.78, 5) is 14.6. The first kappa shape index (κ1) is 27.3. The highest BCUT2D eigenvalue weighted by molar-refractivity contribution is 5.68. The quantitative estimate of drug-likeness (QED) is 0.461. The number of alkyl carbamates (subject to hydrolysis) is 1. The topological polar surface area (TPSA) is 41.6 Å². The normalized spacial score (nSPS) is 21.1. The minimum atomic E-state index is -0.423. The van der Waals surface area contributed by atoms with Crippen LogP contribution in [0.1, 0.15) is 71.3 Å². The molecule has 35 heavy (non-hydrogen) atoms. The number of hydrogen-bond donors (Lipinski definition) is 1. The number of ether oxygens (including phenoxy) is 1. The third-order valence-corrected chi connectivity index (χ3v) is 7.07. The van der Waals surface area contributed by atoms with Crippen LogP contribution in [0.25, 0.3) is 0 Å². The Morgan fingerprint density at radius 1 is 0.886 bits per heavy atom. The molecule has 4 rings (SSSR count). The average Bonchev–Trinajstić information content (AvgIpc) is 3.27. The fourth-order valence-corrected chi connectivity index (χ4v) is 5.29. The number of likely N-dealkylation sites (tertiary alicyclic amines) is 1. The van der Waals surface area contributed by atoms with Crippen LogP contribution < -0.4 is 5.32 Å². The van der Waals surface area contributed by atoms with E-state index >= 15 is 0 Å². The van der Waals surface area contributed by atoms with Crippen molar-refractivity contribution in [2.24, 2.45) is 11.8 Å². The van der Waals surface area contributed by atoms with E-state index < -0.39 is 5.60 Å². The summed E-state index contributed by atoms with van der Waals surface area (Å²) < 4.78 is 5.40. The highest BCUT2D eigenvalue weighted by Crippen LogP contribution is 2.29. The van der Waals surface area contributed by atoms with Gasteiger partial charge in [0.2, 0.25) is 0 Å². The van der Waals surface area contributed by atoms with Gasteiger partial charge in [0.25, 0.3) is 0 Å². The van der Waals surface area contributed by atoms with Crippen molar-refractivity contribution in [3.05, 3.63) is 72.3 Å². The second-order valence-electron chi connectivity index (χ2n) is 11.3. The van der Waals surface area contributed by atoms with E-state index in [4.69, 9.17) is 4.74 Å². The van der Waals surface area contributed by atoms with Gasteiger partial charge in [0.15, 0.2) is 0 Å². The minimum Gasteiger partial charge on any atom is -0.444 e. The predicted molar refractivity (Wildman–Crippen MR) is 145 cm³/mol. The average molecular weight is 479 g/mol. The van der Waals surface area contributed by atoms with Crippen molar-refractivity contribution in [1.29, 1.82) is 0 Å². The number of nitrogens with zero attached hydrogens (tertiary/aromatic N) is 1. The number of amides is 1. The molecule has 0 aromatic heterocycles. The van der Waals surface area contributed by atoms with Crippen molar-refractivity contribution in [1.82, 2.24) is 10.2 Å². The van der Waals surface area contributed by atoms with Crippen LogP contribution in [0.15, 0.2) is 66.7 Å². The van der Waals surface area contributed by atoms with E-state index in [0.717, 1.165) is 18.8 Å². The Hall–Kier alpha value is -2.33. The van der Waals surface area contributed by atoms with Crippen LogP contribution >= 0.6 is 0 Å². The second-order valence-corrected chi connectivity index (χ2v) is 11.3. The molecule has 0 bridgehead atoms. The van der Waals surface area contributed by atoms with Gasteiger partial charge >= 0.3 is 6.09 Å². The summed E-state index contributed by atoms with van der Waals surface area (Å²) in [6.07, 6.45) is 9.73. The van der Waals surface area contributed by atoms with Crippen LogP contribution in [-0.4, -0.2) is 42.3 Å². The molecule has 1 aliphatic carbocycles. The molecule has 1 amide bonds. The zero-order valence-electron chi connectivity index (χ0n) is 22.1. The SMILES string of the molecule is CC(C)(C)OC(=O)NC1CC[C@@H](CN2CCC(CCCc3ccccc3)CC2)C1.c1ccccc1. The lowest BCUT2D eigenvalue weighted by atomic mass is 9.90. The third-order valence-electron chi connectivity index (χ3n) is 7.07. The first-order valence-corrected chi connectivity index (χ1v) is 13.6. The summed E-state index contributed by atoms with van der Waals surface area (Å²) in [7, 11) is 0. The van der Waals surface area contributed by atoms with Gasteiger partial charge in [-0.05, 0) is 96.2 Å². The van der Waals surface area contributed by atoms with Crippen LogP contribution in [0.5, 0.6) is 0 Å². The smallest absolute Gasteiger partial charge is 0.407 e. The molecule has 1 aliphatic heterocycles. The molecule has 4 nitrogen and oxygen atoms in total. The Kier molecular flexibility index (Phi) is 11.1. The van der Waals surface area contributed by atoms with Crippen LogP contribution in [0.2, 0.25) is 0 Å². The fraction of sp³-hybridized carbons (Fsp3) is 0.581. The molecular formula is C31H46N2O2. The van der Waals surface area contributed by atoms with Gasteiger partial charge in [0.05, 0.1) is 0 Å². The molecule has 2 fully saturated rings. The van der Waals surface area contributed by atoms with E-state index in [1.54, 1.807) is 0 Å². The number of rotatable bonds is 7. The number of benzene rings is 2. The van der Waals surface area contributed by atoms with Crippen molar-refractivity contribution in [3.8, 4) is 0 Å². The molecule has 192 valence electrons. The van der Waals surface area contributed by atoms with Crippen molar-refractivity contribution in [3.63, 3.8) is 0 Å². The fourth-order valence-electron chi connectivity index (χ4n) is 5.29. The molecule has 2 atom stereocenters. The lowest BCUT2D eigenvalue weighted by molar-refractivity contribution is 0.0503. The van der Waals surface area contributed by atoms with Crippen LogP contribution in [-0.2, 0) is 11.2 Å². The second kappa shape index (κ2) is 14.3. The Morgan fingerprint density at radius 2 is 1.49 bits per heavy atom. The molecule has 2 aliphatic rings. The zero-order chi connectivity index (χ0) is 24.9. The molecule has 1 saturated heterocycles. The van der Waals surface area contributed by atoms with Gasteiger partial charge in [0.1, 0.15) is 5.60 Å². The Bertz CT molecular complexity index is 799. The number of aryl methyl sites for hydroxylation is 1. The van der Waals surface area contributed by atoms with E-state index in [2.05, 4.69) is 40.5 Å². The molecular weight excluding hydrogens is 432 g/mol. The highest BCUT2D eigenvalue weighted by Gasteiger charge is 2.30.